The molecule has 0 aromatic heterocycles. The van der Waals surface area contributed by atoms with E-state index in [1.54, 1.807) is 11.0 Å². The van der Waals surface area contributed by atoms with Crippen LogP contribution in [0, 0.1) is 11.8 Å². The van der Waals surface area contributed by atoms with E-state index in [0.717, 1.165) is 44.7 Å². The van der Waals surface area contributed by atoms with E-state index in [0.29, 0.717) is 25.9 Å². The molecule has 0 bridgehead atoms. The van der Waals surface area contributed by atoms with E-state index in [1.165, 1.54) is 19.1 Å². The maximum absolute atomic E-state index is 13.0. The molecule has 4 fully saturated rings. The number of amides is 2. The first-order valence-corrected chi connectivity index (χ1v) is 21.5. The summed E-state index contributed by atoms with van der Waals surface area (Å²) in [6, 6.07) is -0.599. The number of hydrogen-bond donors (Lipinski definition) is 0. The number of methoxy groups -OCH3 is 2. The minimum Gasteiger partial charge on any atom is -0.467 e. The second kappa shape index (κ2) is 20.1. The summed E-state index contributed by atoms with van der Waals surface area (Å²) >= 11 is 0. The van der Waals surface area contributed by atoms with Gasteiger partial charge in [-0.1, -0.05) is 26.3 Å². The first-order valence-electron chi connectivity index (χ1n) is 21.5. The van der Waals surface area contributed by atoms with Crippen molar-refractivity contribution in [3.8, 4) is 0 Å². The largest absolute Gasteiger partial charge is 0.467 e. The molecule has 4 aliphatic rings. The lowest BCUT2D eigenvalue weighted by molar-refractivity contribution is -0.155. The molecule has 4 aliphatic heterocycles. The molecular weight excluding hydrogens is 770 g/mol. The van der Waals surface area contributed by atoms with Crippen LogP contribution in [0.1, 0.15) is 149 Å². The van der Waals surface area contributed by atoms with Crippen molar-refractivity contribution in [1.29, 1.82) is 0 Å². The molecule has 4 rings (SSSR count). The number of ether oxygens (including phenoxy) is 4. The van der Waals surface area contributed by atoms with Crippen molar-refractivity contribution in [3.63, 3.8) is 0 Å². The number of carbonyl (C=O) groups excluding carboxylic acids is 4. The van der Waals surface area contributed by atoms with Crippen LogP contribution in [-0.2, 0) is 47.2 Å². The third-order valence-electron chi connectivity index (χ3n) is 12.7. The minimum absolute atomic E-state index is 0. The lowest BCUT2D eigenvalue weighted by atomic mass is 9.75. The highest BCUT2D eigenvalue weighted by Gasteiger charge is 2.58. The van der Waals surface area contributed by atoms with Crippen LogP contribution < -0.4 is 0 Å². The highest BCUT2D eigenvalue weighted by Crippen LogP contribution is 2.44. The summed E-state index contributed by atoms with van der Waals surface area (Å²) < 4.78 is 45.5. The van der Waals surface area contributed by atoms with Crippen molar-refractivity contribution in [3.05, 3.63) is 12.7 Å². The zero-order valence-corrected chi connectivity index (χ0v) is 39.2. The molecule has 14 nitrogen and oxygen atoms in total. The van der Waals surface area contributed by atoms with Gasteiger partial charge in [-0.15, -0.1) is 6.58 Å². The highest BCUT2D eigenvalue weighted by atomic mass is 16.7. The Morgan fingerprint density at radius 1 is 0.700 bits per heavy atom. The van der Waals surface area contributed by atoms with Gasteiger partial charge in [-0.05, 0) is 154 Å². The average molecular weight is 851 g/mol. The van der Waals surface area contributed by atoms with Gasteiger partial charge in [-0.2, -0.15) is 0 Å². The number of esters is 2. The summed E-state index contributed by atoms with van der Waals surface area (Å²) in [6.45, 7) is 32.0. The van der Waals surface area contributed by atoms with Crippen LogP contribution in [-0.4, -0.2) is 121 Å². The lowest BCUT2D eigenvalue weighted by Crippen LogP contribution is -2.57. The van der Waals surface area contributed by atoms with Crippen molar-refractivity contribution >= 4 is 38.4 Å². The number of nitrogens with zero attached hydrogens (tertiary/aromatic N) is 2. The highest BCUT2D eigenvalue weighted by molar-refractivity contribution is 6.45. The molecule has 60 heavy (non-hydrogen) atoms. The molecule has 0 spiro atoms. The maximum atomic E-state index is 13.0. The molecule has 0 aromatic rings. The predicted octanol–water partition coefficient (Wildman–Crippen LogP) is 8.90. The molecule has 2 amide bonds. The van der Waals surface area contributed by atoms with Crippen molar-refractivity contribution < 1.29 is 56.7 Å². The Kier molecular flexibility index (Phi) is 17.9. The summed E-state index contributed by atoms with van der Waals surface area (Å²) in [5.41, 5.74) is -3.77. The Hall–Kier alpha value is -2.81. The Morgan fingerprint density at radius 3 is 1.57 bits per heavy atom. The molecule has 4 saturated heterocycles. The third-order valence-corrected chi connectivity index (χ3v) is 12.7. The average Bonchev–Trinajstić information content (AvgIpc) is 3.78. The van der Waals surface area contributed by atoms with Crippen LogP contribution in [0.15, 0.2) is 12.7 Å². The molecule has 16 heteroatoms. The van der Waals surface area contributed by atoms with Gasteiger partial charge in [0.25, 0.3) is 0 Å². The van der Waals surface area contributed by atoms with Gasteiger partial charge in [0.05, 0.1) is 36.6 Å². The summed E-state index contributed by atoms with van der Waals surface area (Å²) in [6.07, 6.45) is 7.16. The molecule has 0 radical (unpaired) electrons. The monoisotopic (exact) mass is 851 g/mol. The van der Waals surface area contributed by atoms with Crippen LogP contribution in [0.5, 0.6) is 0 Å². The molecule has 0 N–H and O–H groups in total. The zero-order valence-electron chi connectivity index (χ0n) is 39.2. The van der Waals surface area contributed by atoms with Gasteiger partial charge in [-0.25, -0.2) is 19.2 Å². The van der Waals surface area contributed by atoms with Crippen LogP contribution in [0.25, 0.3) is 0 Å². The fourth-order valence-electron chi connectivity index (χ4n) is 8.30. The molecule has 4 atom stereocenters. The quantitative estimate of drug-likeness (QED) is 0.0799. The number of likely N-dealkylation sites (tertiary alicyclic amines) is 2. The Morgan fingerprint density at radius 2 is 1.15 bits per heavy atom. The number of rotatable bonds is 12. The Balaban J connectivity index is 0.000000409. The van der Waals surface area contributed by atoms with E-state index >= 15 is 0 Å². The molecule has 344 valence electrons. The van der Waals surface area contributed by atoms with Gasteiger partial charge >= 0.3 is 38.4 Å². The normalized spacial score (nSPS) is 26.4. The Bertz CT molecular complexity index is 1460. The summed E-state index contributed by atoms with van der Waals surface area (Å²) in [7, 11) is 2.19. The van der Waals surface area contributed by atoms with Crippen LogP contribution in [0.3, 0.4) is 0 Å². The molecule has 0 saturated carbocycles. The number of carbonyl (C=O) groups is 4. The van der Waals surface area contributed by atoms with Gasteiger partial charge in [0.1, 0.15) is 22.8 Å². The first kappa shape index (κ1) is 53.3. The second-order valence-corrected chi connectivity index (χ2v) is 20.5. The van der Waals surface area contributed by atoms with Crippen molar-refractivity contribution in [2.75, 3.05) is 27.3 Å². The fraction of sp³-hybridized carbons (Fsp3) is 0.864. The predicted molar refractivity (Wildman–Crippen MR) is 234 cm³/mol. The summed E-state index contributed by atoms with van der Waals surface area (Å²) in [4.78, 5) is 54.0. The van der Waals surface area contributed by atoms with Gasteiger partial charge < -0.3 is 37.6 Å². The molecule has 4 heterocycles. The van der Waals surface area contributed by atoms with Crippen LogP contribution >= 0.6 is 0 Å². The molecular formula is C44H80B2N2O12. The van der Waals surface area contributed by atoms with Gasteiger partial charge in [0.15, 0.2) is 0 Å². The van der Waals surface area contributed by atoms with Crippen LogP contribution in [0.4, 0.5) is 9.59 Å². The third kappa shape index (κ3) is 12.6. The number of hydrogen-bond acceptors (Lipinski definition) is 12. The van der Waals surface area contributed by atoms with Crippen molar-refractivity contribution in [2.24, 2.45) is 11.8 Å². The second-order valence-electron chi connectivity index (χ2n) is 20.5. The van der Waals surface area contributed by atoms with E-state index < -0.39 is 40.9 Å². The van der Waals surface area contributed by atoms with Gasteiger partial charge in [0, 0.05) is 13.1 Å². The smallest absolute Gasteiger partial charge is 0.457 e. The van der Waals surface area contributed by atoms with E-state index in [1.807, 2.05) is 96.9 Å². The van der Waals surface area contributed by atoms with E-state index in [4.69, 9.17) is 37.6 Å². The summed E-state index contributed by atoms with van der Waals surface area (Å²) in [5, 5.41) is 0. The van der Waals surface area contributed by atoms with Crippen molar-refractivity contribution in [1.82, 2.24) is 9.80 Å². The SMILES string of the molecule is C.C=CCC1(C(=O)OC)C(CCCB2OC(C)(C)C(C)(C)O2)CCN1C(=O)OC(C)(C)C.COC(=O)C1C(CCCB2OC(C)(C)C(C)(C)O2)CCN1C(=O)OC(C)(C)C. The standard InChI is InChI=1S/C23H40BNO6.C20H36BNO6.CH4/c1-10-14-23(18(26)28-9)17(13-16-25(23)19(27)29-20(2,3)4)12-11-15-24-30-21(5,6)22(7,8)31-24;1-18(2,3)26-17(24)22-13-11-14(15(22)16(23)25-8)10-9-12-21-27-19(4,5)20(6,7)28-21;/h10,17H,1,11-16H2,2-9H3;14-15H,9-13H2,1-8H3;1H4. The topological polar surface area (TPSA) is 149 Å². The molecule has 4 unspecified atom stereocenters. The Labute approximate surface area is 363 Å². The minimum atomic E-state index is -1.10. The van der Waals surface area contributed by atoms with E-state index in [-0.39, 0.29) is 61.9 Å². The van der Waals surface area contributed by atoms with Gasteiger partial charge in [0.2, 0.25) is 0 Å². The van der Waals surface area contributed by atoms with E-state index in [2.05, 4.69) is 6.58 Å². The fourth-order valence-corrected chi connectivity index (χ4v) is 8.30. The summed E-state index contributed by atoms with van der Waals surface area (Å²) in [5.74, 6) is -0.823. The zero-order chi connectivity index (χ0) is 45.0. The first-order chi connectivity index (χ1) is 27.0. The lowest BCUT2D eigenvalue weighted by Gasteiger charge is -2.39. The maximum Gasteiger partial charge on any atom is 0.457 e. The van der Waals surface area contributed by atoms with Crippen LogP contribution in [0.2, 0.25) is 12.6 Å². The molecule has 0 aromatic carbocycles. The van der Waals surface area contributed by atoms with E-state index in [9.17, 15) is 19.2 Å². The van der Waals surface area contributed by atoms with Crippen molar-refractivity contribution in [2.45, 2.75) is 207 Å². The molecule has 0 aliphatic carbocycles. The van der Waals surface area contributed by atoms with Gasteiger partial charge in [-0.3, -0.25) is 9.80 Å².